The summed E-state index contributed by atoms with van der Waals surface area (Å²) in [5.74, 6) is -0.0486. The Morgan fingerprint density at radius 3 is 2.47 bits per heavy atom. The van der Waals surface area contributed by atoms with Crippen molar-refractivity contribution in [3.63, 3.8) is 0 Å². The maximum absolute atomic E-state index is 13.1. The number of rotatable bonds is 11. The average molecular weight is 493 g/mol. The van der Waals surface area contributed by atoms with Gasteiger partial charge in [-0.25, -0.2) is 4.68 Å². The Morgan fingerprint density at radius 2 is 1.81 bits per heavy atom. The van der Waals surface area contributed by atoms with Gasteiger partial charge in [-0.1, -0.05) is 63.2 Å². The smallest absolute Gasteiger partial charge is 0.249 e. The number of hydrogen-bond donors (Lipinski definition) is 1. The van der Waals surface area contributed by atoms with Gasteiger partial charge in [-0.3, -0.25) is 9.59 Å². The molecule has 3 aromatic rings. The Hall–Kier alpha value is -3.49. The summed E-state index contributed by atoms with van der Waals surface area (Å²) in [6.45, 7) is 8.89. The van der Waals surface area contributed by atoms with Crippen molar-refractivity contribution in [1.29, 1.82) is 0 Å². The zero-order valence-corrected chi connectivity index (χ0v) is 21.8. The molecule has 0 spiro atoms. The Kier molecular flexibility index (Phi) is 9.38. The Balaban J connectivity index is 1.71. The van der Waals surface area contributed by atoms with E-state index in [-0.39, 0.29) is 36.9 Å². The van der Waals surface area contributed by atoms with E-state index in [2.05, 4.69) is 26.1 Å². The van der Waals surface area contributed by atoms with Gasteiger partial charge in [-0.15, -0.1) is 0 Å². The van der Waals surface area contributed by atoms with Crippen LogP contribution in [-0.2, 0) is 31.1 Å². The van der Waals surface area contributed by atoms with Crippen LogP contribution in [0.25, 0.3) is 5.69 Å². The van der Waals surface area contributed by atoms with E-state index in [0.29, 0.717) is 19.0 Å². The molecule has 8 heteroatoms. The van der Waals surface area contributed by atoms with Gasteiger partial charge in [-0.05, 0) is 30.2 Å². The molecule has 3 rings (SSSR count). The van der Waals surface area contributed by atoms with E-state index in [4.69, 9.17) is 14.6 Å². The molecular formula is C28H36N4O4. The van der Waals surface area contributed by atoms with Gasteiger partial charge in [-0.2, -0.15) is 5.10 Å². The molecule has 0 saturated carbocycles. The molecule has 0 fully saturated rings. The zero-order valence-electron chi connectivity index (χ0n) is 21.8. The molecule has 0 aliphatic rings. The first-order valence-electron chi connectivity index (χ1n) is 12.0. The molecule has 1 N–H and O–H groups in total. The van der Waals surface area contributed by atoms with Crippen LogP contribution in [0, 0.1) is 6.92 Å². The number of aromatic nitrogens is 2. The quantitative estimate of drug-likeness (QED) is 0.435. The third-order valence-corrected chi connectivity index (χ3v) is 5.58. The van der Waals surface area contributed by atoms with Gasteiger partial charge >= 0.3 is 0 Å². The first kappa shape index (κ1) is 27.1. The number of nitrogens with zero attached hydrogens (tertiary/aromatic N) is 3. The summed E-state index contributed by atoms with van der Waals surface area (Å²) < 4.78 is 12.5. The maximum Gasteiger partial charge on any atom is 0.249 e. The van der Waals surface area contributed by atoms with Crippen LogP contribution < -0.4 is 5.32 Å². The van der Waals surface area contributed by atoms with E-state index < -0.39 is 0 Å². The van der Waals surface area contributed by atoms with Crippen LogP contribution in [0.3, 0.4) is 0 Å². The van der Waals surface area contributed by atoms with Gasteiger partial charge in [0.2, 0.25) is 11.8 Å². The van der Waals surface area contributed by atoms with Crippen molar-refractivity contribution >= 4 is 17.6 Å². The molecule has 2 amide bonds. The van der Waals surface area contributed by atoms with E-state index in [9.17, 15) is 9.59 Å². The minimum Gasteiger partial charge on any atom is -0.383 e. The molecule has 0 saturated heterocycles. The first-order chi connectivity index (χ1) is 17.2. The molecule has 0 bridgehead atoms. The normalized spacial score (nSPS) is 11.4. The SMILES string of the molecule is COCCN(CC(=O)Nc1cc(C(C)(C)C)nn1-c1cccc(C)c1)C(=O)COCc1ccccc1. The van der Waals surface area contributed by atoms with Crippen molar-refractivity contribution < 1.29 is 19.1 Å². The monoisotopic (exact) mass is 492 g/mol. The number of nitrogens with one attached hydrogen (secondary N) is 1. The van der Waals surface area contributed by atoms with Gasteiger partial charge in [0.15, 0.2) is 0 Å². The molecule has 0 atom stereocenters. The van der Waals surface area contributed by atoms with E-state index >= 15 is 0 Å². The van der Waals surface area contributed by atoms with Crippen LogP contribution in [0.4, 0.5) is 5.82 Å². The highest BCUT2D eigenvalue weighted by molar-refractivity contribution is 5.94. The second-order valence-corrected chi connectivity index (χ2v) is 9.75. The summed E-state index contributed by atoms with van der Waals surface area (Å²) in [6.07, 6.45) is 0. The molecule has 8 nitrogen and oxygen atoms in total. The van der Waals surface area contributed by atoms with Crippen LogP contribution in [0.1, 0.15) is 37.6 Å². The molecule has 1 heterocycles. The van der Waals surface area contributed by atoms with Gasteiger partial charge in [0.25, 0.3) is 0 Å². The lowest BCUT2D eigenvalue weighted by Gasteiger charge is -2.22. The topological polar surface area (TPSA) is 85.7 Å². The van der Waals surface area contributed by atoms with E-state index in [0.717, 1.165) is 22.5 Å². The van der Waals surface area contributed by atoms with Crippen LogP contribution in [0.2, 0.25) is 0 Å². The fourth-order valence-corrected chi connectivity index (χ4v) is 3.56. The van der Waals surface area contributed by atoms with Crippen LogP contribution in [0.15, 0.2) is 60.7 Å². The number of anilines is 1. The van der Waals surface area contributed by atoms with Crippen molar-refractivity contribution in [1.82, 2.24) is 14.7 Å². The molecule has 0 aliphatic heterocycles. The lowest BCUT2D eigenvalue weighted by Crippen LogP contribution is -2.42. The maximum atomic E-state index is 13.1. The largest absolute Gasteiger partial charge is 0.383 e. The molecule has 192 valence electrons. The second kappa shape index (κ2) is 12.5. The second-order valence-electron chi connectivity index (χ2n) is 9.75. The van der Waals surface area contributed by atoms with Crippen molar-refractivity contribution in [3.8, 4) is 5.69 Å². The number of aryl methyl sites for hydroxylation is 1. The van der Waals surface area contributed by atoms with Crippen molar-refractivity contribution in [2.24, 2.45) is 0 Å². The highest BCUT2D eigenvalue weighted by Crippen LogP contribution is 2.26. The van der Waals surface area contributed by atoms with Crippen LogP contribution in [0.5, 0.6) is 0 Å². The third-order valence-electron chi connectivity index (χ3n) is 5.58. The summed E-state index contributed by atoms with van der Waals surface area (Å²) in [5, 5.41) is 7.71. The number of amides is 2. The van der Waals surface area contributed by atoms with Crippen LogP contribution >= 0.6 is 0 Å². The molecular weight excluding hydrogens is 456 g/mol. The minimum atomic E-state index is -0.322. The first-order valence-corrected chi connectivity index (χ1v) is 12.0. The molecule has 0 radical (unpaired) electrons. The third kappa shape index (κ3) is 7.76. The molecule has 1 aromatic heterocycles. The van der Waals surface area contributed by atoms with Gasteiger partial charge in [0, 0.05) is 25.1 Å². The molecule has 2 aromatic carbocycles. The van der Waals surface area contributed by atoms with E-state index in [1.807, 2.05) is 67.6 Å². The minimum absolute atomic E-state index is 0.124. The number of carbonyl (C=O) groups is 2. The number of carbonyl (C=O) groups excluding carboxylic acids is 2. The number of ether oxygens (including phenoxy) is 2. The van der Waals surface area contributed by atoms with Crippen molar-refractivity contribution in [2.75, 3.05) is 38.7 Å². The number of hydrogen-bond acceptors (Lipinski definition) is 5. The Morgan fingerprint density at radius 1 is 1.06 bits per heavy atom. The summed E-state index contributed by atoms with van der Waals surface area (Å²) >= 11 is 0. The van der Waals surface area contributed by atoms with Crippen LogP contribution in [-0.4, -0.2) is 59.9 Å². The predicted molar refractivity (Wildman–Crippen MR) is 140 cm³/mol. The average Bonchev–Trinajstić information content (AvgIpc) is 3.26. The summed E-state index contributed by atoms with van der Waals surface area (Å²) in [7, 11) is 1.56. The Labute approximate surface area is 213 Å². The van der Waals surface area contributed by atoms with Gasteiger partial charge in [0.05, 0.1) is 24.6 Å². The van der Waals surface area contributed by atoms with Crippen molar-refractivity contribution in [2.45, 2.75) is 39.7 Å². The summed E-state index contributed by atoms with van der Waals surface area (Å²) in [4.78, 5) is 27.4. The lowest BCUT2D eigenvalue weighted by molar-refractivity contribution is -0.139. The highest BCUT2D eigenvalue weighted by atomic mass is 16.5. The fraction of sp³-hybridized carbons (Fsp3) is 0.393. The molecule has 0 aliphatic carbocycles. The summed E-state index contributed by atoms with van der Waals surface area (Å²) in [6, 6.07) is 19.4. The standard InChI is InChI=1S/C28H36N4O4/c1-21-10-9-13-23(16-21)32-25(17-24(30-32)28(2,3)4)29-26(33)18-31(14-15-35-5)27(34)20-36-19-22-11-7-6-8-12-22/h6-13,16-17H,14-15,18-20H2,1-5H3,(H,29,33). The summed E-state index contributed by atoms with van der Waals surface area (Å²) in [5.41, 5.74) is 3.56. The van der Waals surface area contributed by atoms with Gasteiger partial charge in [0.1, 0.15) is 19.0 Å². The zero-order chi connectivity index (χ0) is 26.1. The predicted octanol–water partition coefficient (Wildman–Crippen LogP) is 4.11. The fourth-order valence-electron chi connectivity index (χ4n) is 3.56. The highest BCUT2D eigenvalue weighted by Gasteiger charge is 2.23. The van der Waals surface area contributed by atoms with E-state index in [1.54, 1.807) is 11.8 Å². The Bertz CT molecular complexity index is 1150. The number of methoxy groups -OCH3 is 1. The molecule has 36 heavy (non-hydrogen) atoms. The van der Waals surface area contributed by atoms with Gasteiger partial charge < -0.3 is 19.7 Å². The molecule has 0 unspecified atom stereocenters. The lowest BCUT2D eigenvalue weighted by atomic mass is 9.92. The van der Waals surface area contributed by atoms with E-state index in [1.165, 1.54) is 4.90 Å². The van der Waals surface area contributed by atoms with Crippen molar-refractivity contribution in [3.05, 3.63) is 77.5 Å². The number of benzene rings is 2.